The lowest BCUT2D eigenvalue weighted by molar-refractivity contribution is -0.137. The van der Waals surface area contributed by atoms with Crippen molar-refractivity contribution in [2.45, 2.75) is 39.5 Å². The maximum Gasteiger partial charge on any atom is 0.416 e. The van der Waals surface area contributed by atoms with E-state index in [1.165, 1.54) is 6.92 Å². The number of nitrogens with one attached hydrogen (secondary N) is 3. The van der Waals surface area contributed by atoms with Crippen LogP contribution in [0.4, 0.5) is 52.1 Å². The molecule has 0 bridgehead atoms. The third-order valence-electron chi connectivity index (χ3n) is 6.86. The SMILES string of the molecule is CC(=O)Nc1cc(Cl)cc(N(C)C)c1.CN(C)c1cc(Br)cc(C(F)(F)F)c1.CN(C)c1cccc(C(=O)Nc2ccc(NC(=O)OC(C)(C)C)cc2)c1. The molecule has 3 N–H and O–H groups in total. The highest BCUT2D eigenvalue weighted by Gasteiger charge is 2.31. The second kappa shape index (κ2) is 19.9. The summed E-state index contributed by atoms with van der Waals surface area (Å²) in [5, 5.41) is 8.79. The zero-order valence-corrected chi connectivity index (χ0v) is 34.3. The van der Waals surface area contributed by atoms with E-state index in [0.717, 1.165) is 23.5 Å². The second-order valence-electron chi connectivity index (χ2n) is 13.5. The number of halogens is 5. The molecule has 0 heterocycles. The lowest BCUT2D eigenvalue weighted by atomic mass is 10.1. The third-order valence-corrected chi connectivity index (χ3v) is 7.53. The lowest BCUT2D eigenvalue weighted by Gasteiger charge is -2.19. The van der Waals surface area contributed by atoms with Crippen molar-refractivity contribution < 1.29 is 32.3 Å². The van der Waals surface area contributed by atoms with Gasteiger partial charge in [-0.1, -0.05) is 33.6 Å². The number of hydrogen-bond acceptors (Lipinski definition) is 7. The molecule has 15 heteroatoms. The summed E-state index contributed by atoms with van der Waals surface area (Å²) in [7, 11) is 11.1. The number of hydrogen-bond donors (Lipinski definition) is 3. The highest BCUT2D eigenvalue weighted by atomic mass is 79.9. The number of carbonyl (C=O) groups is 3. The molecule has 0 saturated heterocycles. The largest absolute Gasteiger partial charge is 0.444 e. The van der Waals surface area contributed by atoms with Crippen LogP contribution in [0.3, 0.4) is 0 Å². The molecule has 4 aromatic carbocycles. The maximum atomic E-state index is 12.4. The van der Waals surface area contributed by atoms with E-state index in [-0.39, 0.29) is 11.8 Å². The smallest absolute Gasteiger partial charge is 0.416 e. The molecule has 0 fully saturated rings. The normalized spacial score (nSPS) is 10.7. The Labute approximate surface area is 328 Å². The van der Waals surface area contributed by atoms with E-state index < -0.39 is 23.4 Å². The topological polar surface area (TPSA) is 106 Å². The Morgan fingerprint density at radius 1 is 0.667 bits per heavy atom. The Morgan fingerprint density at radius 3 is 1.70 bits per heavy atom. The summed E-state index contributed by atoms with van der Waals surface area (Å²) < 4.78 is 42.7. The summed E-state index contributed by atoms with van der Waals surface area (Å²) in [6.07, 6.45) is -4.82. The highest BCUT2D eigenvalue weighted by Crippen LogP contribution is 2.34. The molecule has 0 aliphatic heterocycles. The van der Waals surface area contributed by atoms with Gasteiger partial charge in [0.1, 0.15) is 5.60 Å². The van der Waals surface area contributed by atoms with Crippen LogP contribution in [0.5, 0.6) is 0 Å². The number of benzene rings is 4. The molecule has 0 spiro atoms. The summed E-state index contributed by atoms with van der Waals surface area (Å²) in [6.45, 7) is 6.87. The first-order valence-electron chi connectivity index (χ1n) is 16.4. The van der Waals surface area contributed by atoms with E-state index in [9.17, 15) is 27.6 Å². The van der Waals surface area contributed by atoms with E-state index >= 15 is 0 Å². The second-order valence-corrected chi connectivity index (χ2v) is 14.8. The summed E-state index contributed by atoms with van der Waals surface area (Å²) >= 11 is 8.95. The van der Waals surface area contributed by atoms with Gasteiger partial charge in [0.25, 0.3) is 5.91 Å². The molecule has 54 heavy (non-hydrogen) atoms. The predicted octanol–water partition coefficient (Wildman–Crippen LogP) is 10.3. The molecule has 292 valence electrons. The lowest BCUT2D eigenvalue weighted by Crippen LogP contribution is -2.27. The fourth-order valence-electron chi connectivity index (χ4n) is 4.29. The first-order valence-corrected chi connectivity index (χ1v) is 17.6. The summed E-state index contributed by atoms with van der Waals surface area (Å²) in [5.74, 6) is -0.293. The van der Waals surface area contributed by atoms with Crippen LogP contribution in [0.1, 0.15) is 43.6 Å². The van der Waals surface area contributed by atoms with Gasteiger partial charge < -0.3 is 30.1 Å². The van der Waals surface area contributed by atoms with Gasteiger partial charge in [-0.25, -0.2) is 4.79 Å². The van der Waals surface area contributed by atoms with Crippen LogP contribution < -0.4 is 30.7 Å². The quantitative estimate of drug-likeness (QED) is 0.170. The fourth-order valence-corrected chi connectivity index (χ4v) is 5.00. The van der Waals surface area contributed by atoms with Gasteiger partial charge in [0, 0.05) is 98.4 Å². The van der Waals surface area contributed by atoms with Crippen molar-refractivity contribution in [3.05, 3.63) is 106 Å². The third kappa shape index (κ3) is 16.4. The van der Waals surface area contributed by atoms with E-state index in [0.29, 0.717) is 37.8 Å². The number of amides is 3. The molecule has 10 nitrogen and oxygen atoms in total. The first-order chi connectivity index (χ1) is 24.9. The van der Waals surface area contributed by atoms with Gasteiger partial charge in [0.15, 0.2) is 0 Å². The molecule has 0 aliphatic carbocycles. The predicted molar refractivity (Wildman–Crippen MR) is 219 cm³/mol. The van der Waals surface area contributed by atoms with Gasteiger partial charge in [-0.15, -0.1) is 0 Å². The highest BCUT2D eigenvalue weighted by molar-refractivity contribution is 9.10. The average Bonchev–Trinajstić information content (AvgIpc) is 3.04. The van der Waals surface area contributed by atoms with Gasteiger partial charge in [-0.05, 0) is 99.6 Å². The van der Waals surface area contributed by atoms with Crippen molar-refractivity contribution in [3.8, 4) is 0 Å². The Bertz CT molecular complexity index is 1880. The van der Waals surface area contributed by atoms with Crippen LogP contribution in [0, 0.1) is 0 Å². The Kier molecular flexibility index (Phi) is 16.7. The monoisotopic (exact) mass is 834 g/mol. The standard InChI is InChI=1S/C20H25N3O3.C10H13ClN2O.C9H9BrF3N/c1-20(2,3)26-19(25)22-16-11-9-15(10-12-16)21-18(24)14-7-6-8-17(13-14)23(4)5;1-7(14)12-9-4-8(11)5-10(6-9)13(2)3;1-14(2)8-4-6(9(11,12)13)3-7(10)5-8/h6-13H,1-5H3,(H,21,24)(H,22,25);4-6H,1-3H3,(H,12,14);3-5H,1-2H3. The Morgan fingerprint density at radius 2 is 1.20 bits per heavy atom. The zero-order chi connectivity index (χ0) is 41.0. The molecule has 0 aromatic heterocycles. The molecule has 4 rings (SSSR count). The molecule has 3 amide bonds. The maximum absolute atomic E-state index is 12.4. The zero-order valence-electron chi connectivity index (χ0n) is 31.9. The fraction of sp³-hybridized carbons (Fsp3) is 0.308. The van der Waals surface area contributed by atoms with E-state index in [2.05, 4.69) is 31.9 Å². The number of carbonyl (C=O) groups excluding carboxylic acids is 3. The Balaban J connectivity index is 0.000000305. The van der Waals surface area contributed by atoms with Gasteiger partial charge in [-0.3, -0.25) is 14.9 Å². The number of alkyl halides is 3. The van der Waals surface area contributed by atoms with E-state index in [1.54, 1.807) is 82.2 Å². The molecule has 0 unspecified atom stereocenters. The molecule has 0 radical (unpaired) electrons. The van der Waals surface area contributed by atoms with Crippen molar-refractivity contribution >= 4 is 79.6 Å². The van der Waals surface area contributed by atoms with Crippen LogP contribution in [0.15, 0.2) is 89.4 Å². The van der Waals surface area contributed by atoms with Gasteiger partial charge >= 0.3 is 12.3 Å². The Hall–Kier alpha value is -4.95. The van der Waals surface area contributed by atoms with Crippen molar-refractivity contribution in [2.75, 3.05) is 72.9 Å². The van der Waals surface area contributed by atoms with Crippen LogP contribution in [0.2, 0.25) is 5.02 Å². The summed E-state index contributed by atoms with van der Waals surface area (Å²) in [6, 6.07) is 23.5. The first kappa shape index (κ1) is 45.2. The minimum absolute atomic E-state index is 0.100. The van der Waals surface area contributed by atoms with Crippen molar-refractivity contribution in [1.82, 2.24) is 0 Å². The number of ether oxygens (including phenoxy) is 1. The molecule has 0 atom stereocenters. The summed E-state index contributed by atoms with van der Waals surface area (Å²) in [4.78, 5) is 40.5. The minimum atomic E-state index is -4.30. The van der Waals surface area contributed by atoms with Crippen LogP contribution >= 0.6 is 27.5 Å². The van der Waals surface area contributed by atoms with Crippen molar-refractivity contribution in [3.63, 3.8) is 0 Å². The molecular weight excluding hydrogens is 789 g/mol. The van der Waals surface area contributed by atoms with Gasteiger partial charge in [0.2, 0.25) is 5.91 Å². The molecular formula is C39H47BrClF3N6O4. The van der Waals surface area contributed by atoms with Crippen molar-refractivity contribution in [1.29, 1.82) is 0 Å². The van der Waals surface area contributed by atoms with Crippen LogP contribution in [-0.4, -0.2) is 65.8 Å². The molecule has 4 aromatic rings. The van der Waals surface area contributed by atoms with Crippen LogP contribution in [0.25, 0.3) is 0 Å². The van der Waals surface area contributed by atoms with E-state index in [1.807, 2.05) is 68.3 Å². The van der Waals surface area contributed by atoms with E-state index in [4.69, 9.17) is 16.3 Å². The van der Waals surface area contributed by atoms with Gasteiger partial charge in [-0.2, -0.15) is 13.2 Å². The minimum Gasteiger partial charge on any atom is -0.444 e. The number of rotatable bonds is 7. The number of anilines is 6. The van der Waals surface area contributed by atoms with Gasteiger partial charge in [0.05, 0.1) is 5.56 Å². The summed E-state index contributed by atoms with van der Waals surface area (Å²) in [5.41, 5.74) is 3.75. The molecule has 0 saturated carbocycles. The number of nitrogens with zero attached hydrogens (tertiary/aromatic N) is 3. The molecule has 0 aliphatic rings. The van der Waals surface area contributed by atoms with Crippen LogP contribution in [-0.2, 0) is 15.7 Å². The average molecular weight is 836 g/mol. The van der Waals surface area contributed by atoms with Crippen molar-refractivity contribution in [2.24, 2.45) is 0 Å².